The van der Waals surface area contributed by atoms with Crippen LogP contribution in [0, 0.1) is 10.1 Å². The lowest BCUT2D eigenvalue weighted by atomic mass is 9.80. The summed E-state index contributed by atoms with van der Waals surface area (Å²) in [7, 11) is 0. The van der Waals surface area contributed by atoms with E-state index in [1.54, 1.807) is 13.8 Å². The van der Waals surface area contributed by atoms with Gasteiger partial charge in [-0.25, -0.2) is 9.59 Å². The number of esters is 1. The second-order valence-corrected chi connectivity index (χ2v) is 7.02. The third-order valence-corrected chi connectivity index (χ3v) is 5.07. The van der Waals surface area contributed by atoms with Crippen LogP contribution in [-0.2, 0) is 19.1 Å². The molecule has 0 spiro atoms. The standard InChI is InChI=1S/C20H22N2O7/c1-11-16(19(23)24)18(13-5-7-14(8-6-13)22(26)27)17(12(2)21-11)20(25)29-10-15-4-3-9-28-15/h5-8,15,18,21H,3-4,9-10H2,1-2H3,(H,23,24). The SMILES string of the molecule is CC1=C(C(=O)O)C(c2ccc([N+](=O)[O-])cc2)C(C(=O)OCC2CCCO2)=C(C)N1. The first-order chi connectivity index (χ1) is 13.8. The molecule has 2 aliphatic heterocycles. The molecule has 0 bridgehead atoms. The summed E-state index contributed by atoms with van der Waals surface area (Å²) >= 11 is 0. The van der Waals surface area contributed by atoms with E-state index < -0.39 is 22.8 Å². The van der Waals surface area contributed by atoms with Gasteiger partial charge in [0.25, 0.3) is 5.69 Å². The smallest absolute Gasteiger partial charge is 0.336 e. The molecule has 0 aliphatic carbocycles. The van der Waals surface area contributed by atoms with Gasteiger partial charge in [-0.2, -0.15) is 0 Å². The maximum absolute atomic E-state index is 12.9. The first kappa shape index (κ1) is 20.5. The molecule has 9 nitrogen and oxygen atoms in total. The van der Waals surface area contributed by atoms with Crippen molar-refractivity contribution in [1.29, 1.82) is 0 Å². The number of nitro benzene ring substituents is 1. The molecule has 1 aromatic carbocycles. The second-order valence-electron chi connectivity index (χ2n) is 7.02. The zero-order chi connectivity index (χ0) is 21.1. The molecule has 2 aliphatic rings. The van der Waals surface area contributed by atoms with Crippen molar-refractivity contribution >= 4 is 17.6 Å². The molecule has 2 unspecified atom stereocenters. The van der Waals surface area contributed by atoms with Crippen molar-refractivity contribution in [2.75, 3.05) is 13.2 Å². The highest BCUT2D eigenvalue weighted by molar-refractivity contribution is 5.99. The van der Waals surface area contributed by atoms with Gasteiger partial charge in [0.2, 0.25) is 0 Å². The zero-order valence-electron chi connectivity index (χ0n) is 16.1. The van der Waals surface area contributed by atoms with Gasteiger partial charge in [-0.3, -0.25) is 10.1 Å². The van der Waals surface area contributed by atoms with E-state index in [0.717, 1.165) is 12.8 Å². The number of aliphatic carboxylic acids is 1. The Morgan fingerprint density at radius 1 is 1.24 bits per heavy atom. The molecule has 2 N–H and O–H groups in total. The number of carbonyl (C=O) groups excluding carboxylic acids is 1. The van der Waals surface area contributed by atoms with Gasteiger partial charge in [0.05, 0.1) is 28.1 Å². The van der Waals surface area contributed by atoms with Crippen LogP contribution >= 0.6 is 0 Å². The van der Waals surface area contributed by atoms with E-state index in [0.29, 0.717) is 23.6 Å². The normalized spacial score (nSPS) is 21.7. The van der Waals surface area contributed by atoms with E-state index in [-0.39, 0.29) is 29.5 Å². The van der Waals surface area contributed by atoms with Crippen LogP contribution in [-0.4, -0.2) is 41.3 Å². The van der Waals surface area contributed by atoms with Crippen LogP contribution in [0.1, 0.15) is 38.2 Å². The average Bonchev–Trinajstić information content (AvgIpc) is 3.19. The van der Waals surface area contributed by atoms with Crippen molar-refractivity contribution in [3.05, 3.63) is 62.5 Å². The number of carboxylic acids is 1. The molecule has 1 fully saturated rings. The maximum atomic E-state index is 12.9. The number of allylic oxidation sites excluding steroid dienone is 2. The summed E-state index contributed by atoms with van der Waals surface area (Å²) in [5.41, 5.74) is 1.37. The fraction of sp³-hybridized carbons (Fsp3) is 0.400. The van der Waals surface area contributed by atoms with Crippen LogP contribution in [0.5, 0.6) is 0 Å². The lowest BCUT2D eigenvalue weighted by Gasteiger charge is -2.29. The van der Waals surface area contributed by atoms with Crippen molar-refractivity contribution in [3.63, 3.8) is 0 Å². The Balaban J connectivity index is 1.96. The summed E-state index contributed by atoms with van der Waals surface area (Å²) < 4.78 is 10.9. The molecule has 0 radical (unpaired) electrons. The Kier molecular flexibility index (Phi) is 5.97. The largest absolute Gasteiger partial charge is 0.478 e. The van der Waals surface area contributed by atoms with Gasteiger partial charge >= 0.3 is 11.9 Å². The van der Waals surface area contributed by atoms with E-state index in [1.807, 2.05) is 0 Å². The third-order valence-electron chi connectivity index (χ3n) is 5.07. The number of dihydropyridines is 1. The van der Waals surface area contributed by atoms with Gasteiger partial charge in [-0.15, -0.1) is 0 Å². The topological polar surface area (TPSA) is 128 Å². The van der Waals surface area contributed by atoms with Gasteiger partial charge in [-0.05, 0) is 32.3 Å². The van der Waals surface area contributed by atoms with E-state index >= 15 is 0 Å². The molecule has 0 saturated carbocycles. The number of hydrogen-bond acceptors (Lipinski definition) is 7. The Bertz CT molecular complexity index is 896. The van der Waals surface area contributed by atoms with Crippen molar-refractivity contribution < 1.29 is 29.1 Å². The minimum Gasteiger partial charge on any atom is -0.478 e. The predicted molar refractivity (Wildman–Crippen MR) is 102 cm³/mol. The van der Waals surface area contributed by atoms with Crippen LogP contribution in [0.25, 0.3) is 0 Å². The highest BCUT2D eigenvalue weighted by Crippen LogP contribution is 2.39. The number of nitrogens with zero attached hydrogens (tertiary/aromatic N) is 1. The number of benzene rings is 1. The lowest BCUT2D eigenvalue weighted by molar-refractivity contribution is -0.384. The lowest BCUT2D eigenvalue weighted by Crippen LogP contribution is -2.32. The highest BCUT2D eigenvalue weighted by Gasteiger charge is 2.37. The summed E-state index contributed by atoms with van der Waals surface area (Å²) in [5.74, 6) is -2.73. The summed E-state index contributed by atoms with van der Waals surface area (Å²) in [5, 5.41) is 23.7. The van der Waals surface area contributed by atoms with Gasteiger partial charge in [0.1, 0.15) is 6.61 Å². The molecule has 2 heterocycles. The minimum atomic E-state index is -1.18. The average molecular weight is 402 g/mol. The minimum absolute atomic E-state index is 0.00600. The molecule has 1 aromatic rings. The molecule has 0 amide bonds. The second kappa shape index (κ2) is 8.44. The Morgan fingerprint density at radius 2 is 1.90 bits per heavy atom. The van der Waals surface area contributed by atoms with Crippen LogP contribution in [0.4, 0.5) is 5.69 Å². The Hall–Kier alpha value is -3.20. The van der Waals surface area contributed by atoms with Crippen molar-refractivity contribution in [2.45, 2.75) is 38.7 Å². The Morgan fingerprint density at radius 3 is 2.45 bits per heavy atom. The number of non-ortho nitro benzene ring substituents is 1. The van der Waals surface area contributed by atoms with Crippen molar-refractivity contribution in [1.82, 2.24) is 5.32 Å². The first-order valence-electron chi connectivity index (χ1n) is 9.24. The number of ether oxygens (including phenoxy) is 2. The summed E-state index contributed by atoms with van der Waals surface area (Å²) in [4.78, 5) is 35.3. The maximum Gasteiger partial charge on any atom is 0.336 e. The summed E-state index contributed by atoms with van der Waals surface area (Å²) in [6.07, 6.45) is 1.54. The van der Waals surface area contributed by atoms with Crippen molar-refractivity contribution in [2.24, 2.45) is 0 Å². The molecule has 3 rings (SSSR count). The van der Waals surface area contributed by atoms with Crippen molar-refractivity contribution in [3.8, 4) is 0 Å². The predicted octanol–water partition coefficient (Wildman–Crippen LogP) is 2.64. The third kappa shape index (κ3) is 4.29. The molecule has 1 saturated heterocycles. The van der Waals surface area contributed by atoms with E-state index in [9.17, 15) is 24.8 Å². The Labute approximate surface area is 167 Å². The molecule has 0 aromatic heterocycles. The van der Waals surface area contributed by atoms with Crippen LogP contribution < -0.4 is 5.32 Å². The summed E-state index contributed by atoms with van der Waals surface area (Å²) in [6.45, 7) is 4.00. The number of rotatable bonds is 6. The van der Waals surface area contributed by atoms with Gasteiger partial charge < -0.3 is 19.9 Å². The fourth-order valence-electron chi connectivity index (χ4n) is 3.69. The molecular weight excluding hydrogens is 380 g/mol. The van der Waals surface area contributed by atoms with Crippen LogP contribution in [0.15, 0.2) is 46.8 Å². The quantitative estimate of drug-likeness (QED) is 0.422. The number of nitrogens with one attached hydrogen (secondary N) is 1. The van der Waals surface area contributed by atoms with Crippen LogP contribution in [0.3, 0.4) is 0 Å². The van der Waals surface area contributed by atoms with Gasteiger partial charge in [0.15, 0.2) is 0 Å². The first-order valence-corrected chi connectivity index (χ1v) is 9.24. The molecule has 29 heavy (non-hydrogen) atoms. The molecule has 9 heteroatoms. The van der Waals surface area contributed by atoms with Gasteiger partial charge in [0, 0.05) is 30.1 Å². The zero-order valence-corrected chi connectivity index (χ0v) is 16.1. The van der Waals surface area contributed by atoms with E-state index in [4.69, 9.17) is 9.47 Å². The highest BCUT2D eigenvalue weighted by atomic mass is 16.6. The monoisotopic (exact) mass is 402 g/mol. The summed E-state index contributed by atoms with van der Waals surface area (Å²) in [6, 6.07) is 5.50. The van der Waals surface area contributed by atoms with Crippen LogP contribution in [0.2, 0.25) is 0 Å². The molecule has 154 valence electrons. The number of carboxylic acid groups (broad SMARTS) is 1. The van der Waals surface area contributed by atoms with Gasteiger partial charge in [-0.1, -0.05) is 12.1 Å². The number of carbonyl (C=O) groups is 2. The van der Waals surface area contributed by atoms with E-state index in [2.05, 4.69) is 5.32 Å². The number of nitro groups is 1. The number of hydrogen-bond donors (Lipinski definition) is 2. The molecular formula is C20H22N2O7. The van der Waals surface area contributed by atoms with E-state index in [1.165, 1.54) is 24.3 Å². The fourth-order valence-corrected chi connectivity index (χ4v) is 3.69. The molecule has 2 atom stereocenters.